The lowest BCUT2D eigenvalue weighted by Crippen LogP contribution is -2.51. The van der Waals surface area contributed by atoms with Crippen molar-refractivity contribution in [2.45, 2.75) is 25.4 Å². The molecule has 0 aliphatic carbocycles. The number of thioether (sulfide) groups is 1. The highest BCUT2D eigenvalue weighted by molar-refractivity contribution is 7.99. The third kappa shape index (κ3) is 4.08. The van der Waals surface area contributed by atoms with Gasteiger partial charge in [-0.2, -0.15) is 0 Å². The van der Waals surface area contributed by atoms with Crippen LogP contribution in [0.25, 0.3) is 10.6 Å². The maximum atomic E-state index is 12.7. The van der Waals surface area contributed by atoms with Gasteiger partial charge in [0.15, 0.2) is 0 Å². The van der Waals surface area contributed by atoms with Crippen LogP contribution in [-0.4, -0.2) is 88.7 Å². The first kappa shape index (κ1) is 20.2. The molecule has 2 aromatic rings. The van der Waals surface area contributed by atoms with Crippen molar-refractivity contribution in [3.8, 4) is 10.6 Å². The van der Waals surface area contributed by atoms with E-state index in [4.69, 9.17) is 4.98 Å². The molecule has 5 heterocycles. The summed E-state index contributed by atoms with van der Waals surface area (Å²) in [5.74, 6) is 3.28. The minimum atomic E-state index is -0.0105. The van der Waals surface area contributed by atoms with Crippen LogP contribution in [0.5, 0.6) is 0 Å². The number of thiazole rings is 1. The average molecular weight is 445 g/mol. The lowest BCUT2D eigenvalue weighted by Gasteiger charge is -2.38. The van der Waals surface area contributed by atoms with Gasteiger partial charge in [-0.3, -0.25) is 14.7 Å². The van der Waals surface area contributed by atoms with Crippen LogP contribution in [0, 0.1) is 6.92 Å². The maximum absolute atomic E-state index is 12.7. The number of nitrogens with zero attached hydrogens (tertiary/aromatic N) is 5. The number of amides is 1. The van der Waals surface area contributed by atoms with Gasteiger partial charge in [-0.15, -0.1) is 23.1 Å². The number of pyridine rings is 1. The molecule has 2 atom stereocenters. The molecule has 2 aromatic heterocycles. The van der Waals surface area contributed by atoms with Crippen molar-refractivity contribution in [3.63, 3.8) is 0 Å². The Morgan fingerprint density at radius 2 is 2.07 bits per heavy atom. The Morgan fingerprint density at radius 3 is 2.80 bits per heavy atom. The molecule has 3 saturated heterocycles. The smallest absolute Gasteiger partial charge is 0.240 e. The summed E-state index contributed by atoms with van der Waals surface area (Å²) in [7, 11) is 0. The van der Waals surface area contributed by atoms with Crippen molar-refractivity contribution in [1.82, 2.24) is 25.1 Å². The third-order valence-electron chi connectivity index (χ3n) is 6.21. The van der Waals surface area contributed by atoms with Gasteiger partial charge in [0, 0.05) is 57.3 Å². The molecule has 0 bridgehead atoms. The van der Waals surface area contributed by atoms with E-state index in [0.717, 1.165) is 73.8 Å². The fraction of sp³-hybridized carbons (Fsp3) is 0.571. The van der Waals surface area contributed by atoms with Crippen molar-refractivity contribution in [2.24, 2.45) is 0 Å². The largest absolute Gasteiger partial charge is 0.353 e. The molecule has 0 radical (unpaired) electrons. The summed E-state index contributed by atoms with van der Waals surface area (Å²) in [6.45, 7) is 7.80. The van der Waals surface area contributed by atoms with E-state index < -0.39 is 0 Å². The third-order valence-corrected chi connectivity index (χ3v) is 8.16. The molecule has 1 amide bonds. The van der Waals surface area contributed by atoms with Crippen LogP contribution >= 0.6 is 23.1 Å². The first-order chi connectivity index (χ1) is 14.7. The summed E-state index contributed by atoms with van der Waals surface area (Å²) < 4.78 is 0. The fourth-order valence-corrected chi connectivity index (χ4v) is 6.46. The number of nitrogens with one attached hydrogen (secondary N) is 1. The number of piperazine rings is 1. The zero-order valence-corrected chi connectivity index (χ0v) is 18.9. The Hall–Kier alpha value is -1.68. The molecule has 0 aromatic carbocycles. The lowest BCUT2D eigenvalue weighted by atomic mass is 10.1. The van der Waals surface area contributed by atoms with Crippen molar-refractivity contribution >= 4 is 34.8 Å². The van der Waals surface area contributed by atoms with E-state index in [9.17, 15) is 4.79 Å². The number of carbonyl (C=O) groups is 1. The Labute approximate surface area is 185 Å². The molecular weight excluding hydrogens is 416 g/mol. The Bertz CT molecular complexity index is 877. The SMILES string of the molecule is Cc1nc(N2CCN([C@@H]3CN[C@H](C(=O)N4CCSC4)C3)CC2)c(-c2ccccn2)s1. The summed E-state index contributed by atoms with van der Waals surface area (Å²) in [5.41, 5.74) is 1.00. The predicted molar refractivity (Wildman–Crippen MR) is 123 cm³/mol. The Balaban J connectivity index is 1.20. The van der Waals surface area contributed by atoms with Crippen LogP contribution in [0.4, 0.5) is 5.82 Å². The summed E-state index contributed by atoms with van der Waals surface area (Å²) >= 11 is 3.57. The van der Waals surface area contributed by atoms with E-state index in [2.05, 4.69) is 33.1 Å². The van der Waals surface area contributed by atoms with Gasteiger partial charge < -0.3 is 15.1 Å². The summed E-state index contributed by atoms with van der Waals surface area (Å²) in [4.78, 5) is 30.2. The molecule has 5 rings (SSSR count). The van der Waals surface area contributed by atoms with Crippen molar-refractivity contribution < 1.29 is 4.79 Å². The van der Waals surface area contributed by atoms with Gasteiger partial charge in [0.1, 0.15) is 5.82 Å². The van der Waals surface area contributed by atoms with Gasteiger partial charge in [-0.1, -0.05) is 6.07 Å². The summed E-state index contributed by atoms with van der Waals surface area (Å²) in [5, 5.41) is 4.56. The Kier molecular flexibility index (Phi) is 5.95. The Morgan fingerprint density at radius 1 is 1.20 bits per heavy atom. The van der Waals surface area contributed by atoms with E-state index in [1.807, 2.05) is 35.0 Å². The normalized spacial score (nSPS) is 25.2. The molecule has 0 saturated carbocycles. The summed E-state index contributed by atoms with van der Waals surface area (Å²) in [6, 6.07) is 6.48. The van der Waals surface area contributed by atoms with Crippen LogP contribution in [0.1, 0.15) is 11.4 Å². The van der Waals surface area contributed by atoms with Crippen LogP contribution in [0.15, 0.2) is 24.4 Å². The molecule has 1 N–H and O–H groups in total. The molecular formula is C21H28N6OS2. The number of hydrogen-bond acceptors (Lipinski definition) is 8. The predicted octanol–water partition coefficient (Wildman–Crippen LogP) is 1.90. The zero-order valence-electron chi connectivity index (χ0n) is 17.3. The monoisotopic (exact) mass is 444 g/mol. The first-order valence-corrected chi connectivity index (χ1v) is 12.6. The van der Waals surface area contributed by atoms with Gasteiger partial charge in [-0.05, 0) is 25.5 Å². The highest BCUT2D eigenvalue weighted by Gasteiger charge is 2.37. The van der Waals surface area contributed by atoms with E-state index in [1.165, 1.54) is 4.88 Å². The second kappa shape index (κ2) is 8.82. The topological polar surface area (TPSA) is 64.6 Å². The molecule has 7 nitrogen and oxygen atoms in total. The van der Waals surface area contributed by atoms with E-state index >= 15 is 0 Å². The quantitative estimate of drug-likeness (QED) is 0.773. The second-order valence-electron chi connectivity index (χ2n) is 8.11. The molecule has 0 unspecified atom stereocenters. The van der Waals surface area contributed by atoms with Crippen LogP contribution in [0.2, 0.25) is 0 Å². The summed E-state index contributed by atoms with van der Waals surface area (Å²) in [6.07, 6.45) is 2.77. The molecule has 3 aliphatic heterocycles. The molecule has 9 heteroatoms. The maximum Gasteiger partial charge on any atom is 0.240 e. The van der Waals surface area contributed by atoms with Gasteiger partial charge in [0.05, 0.1) is 27.5 Å². The van der Waals surface area contributed by atoms with E-state index in [1.54, 1.807) is 11.3 Å². The molecule has 160 valence electrons. The number of rotatable bonds is 4. The number of hydrogen-bond donors (Lipinski definition) is 1. The fourth-order valence-electron chi connectivity index (χ4n) is 4.58. The molecule has 3 fully saturated rings. The van der Waals surface area contributed by atoms with Crippen LogP contribution < -0.4 is 10.2 Å². The van der Waals surface area contributed by atoms with Crippen LogP contribution in [0.3, 0.4) is 0 Å². The minimum Gasteiger partial charge on any atom is -0.353 e. The van der Waals surface area contributed by atoms with Gasteiger partial charge in [0.25, 0.3) is 0 Å². The minimum absolute atomic E-state index is 0.0105. The highest BCUT2D eigenvalue weighted by atomic mass is 32.2. The zero-order chi connectivity index (χ0) is 20.5. The first-order valence-electron chi connectivity index (χ1n) is 10.7. The second-order valence-corrected chi connectivity index (χ2v) is 10.4. The van der Waals surface area contributed by atoms with E-state index in [0.29, 0.717) is 11.9 Å². The molecule has 30 heavy (non-hydrogen) atoms. The number of aromatic nitrogens is 2. The van der Waals surface area contributed by atoms with Crippen molar-refractivity contribution in [2.75, 3.05) is 55.8 Å². The molecule has 0 spiro atoms. The average Bonchev–Trinajstić information content (AvgIpc) is 3.55. The standard InChI is InChI=1S/C21H28N6OS2/c1-15-24-20(19(30-15)17-4-2-3-5-22-17)26-8-6-25(7-9-26)16-12-18(23-13-16)21(28)27-10-11-29-14-27/h2-5,16,18,23H,6-14H2,1H3/t16-,18-/m0/s1. The van der Waals surface area contributed by atoms with Crippen molar-refractivity contribution in [1.29, 1.82) is 0 Å². The van der Waals surface area contributed by atoms with Gasteiger partial charge in [-0.25, -0.2) is 4.98 Å². The lowest BCUT2D eigenvalue weighted by molar-refractivity contribution is -0.131. The molecule has 3 aliphatic rings. The highest BCUT2D eigenvalue weighted by Crippen LogP contribution is 2.35. The van der Waals surface area contributed by atoms with Crippen molar-refractivity contribution in [3.05, 3.63) is 29.4 Å². The number of anilines is 1. The number of aryl methyl sites for hydroxylation is 1. The van der Waals surface area contributed by atoms with Gasteiger partial charge in [0.2, 0.25) is 5.91 Å². The number of carbonyl (C=O) groups excluding carboxylic acids is 1. The van der Waals surface area contributed by atoms with Gasteiger partial charge >= 0.3 is 0 Å². The van der Waals surface area contributed by atoms with Crippen LogP contribution in [-0.2, 0) is 4.79 Å². The van der Waals surface area contributed by atoms with E-state index in [-0.39, 0.29) is 6.04 Å².